The highest BCUT2D eigenvalue weighted by Crippen LogP contribution is 2.54. The minimum Gasteiger partial charge on any atom is -0.405 e. The van der Waals surface area contributed by atoms with E-state index in [4.69, 9.17) is 27.6 Å². The van der Waals surface area contributed by atoms with Gasteiger partial charge in [0.1, 0.15) is 0 Å². The van der Waals surface area contributed by atoms with Gasteiger partial charge in [-0.3, -0.25) is 4.79 Å². The lowest BCUT2D eigenvalue weighted by molar-refractivity contribution is -0.156. The number of allylic oxidation sites excluding steroid dienone is 1. The lowest BCUT2D eigenvalue weighted by Gasteiger charge is -2.53. The summed E-state index contributed by atoms with van der Waals surface area (Å²) < 4.78 is 7.61. The first-order chi connectivity index (χ1) is 23.0. The van der Waals surface area contributed by atoms with Crippen LogP contribution in [0.4, 0.5) is 0 Å². The predicted octanol–water partition coefficient (Wildman–Crippen LogP) is 9.99. The third-order valence-corrected chi connectivity index (χ3v) is 16.1. The predicted molar refractivity (Wildman–Crippen MR) is 203 cm³/mol. The van der Waals surface area contributed by atoms with Crippen LogP contribution in [0.5, 0.6) is 0 Å². The Labute approximate surface area is 298 Å². The molecule has 2 fully saturated rings. The smallest absolute Gasteiger partial charge is 0.261 e. The second-order valence-electron chi connectivity index (χ2n) is 15.0. The first-order valence-corrected chi connectivity index (χ1v) is 19.8. The fraction of sp³-hybridized carbons (Fsp3) is 0.357. The van der Waals surface area contributed by atoms with Gasteiger partial charge in [0, 0.05) is 16.0 Å². The van der Waals surface area contributed by atoms with Gasteiger partial charge >= 0.3 is 0 Å². The first-order valence-electron chi connectivity index (χ1n) is 17.2. The topological polar surface area (TPSA) is 29.5 Å². The summed E-state index contributed by atoms with van der Waals surface area (Å²) in [4.78, 5) is 17.4. The Bertz CT molecular complexity index is 1680. The number of carbonyl (C=O) groups is 1. The highest BCUT2D eigenvalue weighted by Gasteiger charge is 2.55. The lowest BCUT2D eigenvalue weighted by atomic mass is 9.67. The highest BCUT2D eigenvalue weighted by molar-refractivity contribution is 6.99. The molecule has 6 rings (SSSR count). The third kappa shape index (κ3) is 6.70. The zero-order valence-electron chi connectivity index (χ0n) is 28.5. The molecule has 250 valence electrons. The summed E-state index contributed by atoms with van der Waals surface area (Å²) in [5.41, 5.74) is 1.59. The fourth-order valence-corrected chi connectivity index (χ4v) is 13.0. The Morgan fingerprint density at radius 2 is 1.48 bits per heavy atom. The summed E-state index contributed by atoms with van der Waals surface area (Å²) in [6, 6.07) is 37.5. The van der Waals surface area contributed by atoms with E-state index in [2.05, 4.69) is 124 Å². The largest absolute Gasteiger partial charge is 0.405 e. The fourth-order valence-electron chi connectivity index (χ4n) is 8.15. The molecule has 4 atom stereocenters. The number of amides is 1. The number of hydrogen-bond donors (Lipinski definition) is 0. The maximum Gasteiger partial charge on any atom is 0.261 e. The van der Waals surface area contributed by atoms with Crippen LogP contribution >= 0.6 is 23.2 Å². The van der Waals surface area contributed by atoms with Crippen LogP contribution < -0.4 is 10.4 Å². The zero-order valence-corrected chi connectivity index (χ0v) is 31.1. The van der Waals surface area contributed by atoms with E-state index in [-0.39, 0.29) is 28.9 Å². The van der Waals surface area contributed by atoms with Crippen molar-refractivity contribution in [2.75, 3.05) is 6.61 Å². The highest BCUT2D eigenvalue weighted by atomic mass is 35.5. The summed E-state index contributed by atoms with van der Waals surface area (Å²) in [5.74, 6) is 0.540. The van der Waals surface area contributed by atoms with Crippen molar-refractivity contribution in [3.8, 4) is 0 Å². The van der Waals surface area contributed by atoms with E-state index in [1.165, 1.54) is 10.4 Å². The average molecular weight is 697 g/mol. The molecule has 0 N–H and O–H groups in total. The molecule has 6 heteroatoms. The van der Waals surface area contributed by atoms with Crippen LogP contribution in [0.3, 0.4) is 0 Å². The molecule has 4 aromatic rings. The minimum atomic E-state index is -2.85. The molecule has 4 aromatic carbocycles. The van der Waals surface area contributed by atoms with E-state index in [0.29, 0.717) is 35.4 Å². The molecular formula is C42H47Cl2NO2Si. The summed E-state index contributed by atoms with van der Waals surface area (Å²) in [6.45, 7) is 13.6. The molecule has 2 aliphatic rings. The third-order valence-electron chi connectivity index (χ3n) is 10.6. The number of piperidine rings is 1. The Kier molecular flexibility index (Phi) is 10.1. The lowest BCUT2D eigenvalue weighted by Crippen LogP contribution is -2.68. The van der Waals surface area contributed by atoms with Crippen LogP contribution in [0.15, 0.2) is 122 Å². The van der Waals surface area contributed by atoms with Gasteiger partial charge in [-0.25, -0.2) is 0 Å². The van der Waals surface area contributed by atoms with Crippen LogP contribution in [0, 0.1) is 11.3 Å². The van der Waals surface area contributed by atoms with Crippen molar-refractivity contribution in [3.63, 3.8) is 0 Å². The summed E-state index contributed by atoms with van der Waals surface area (Å²) in [5, 5.41) is 3.69. The van der Waals surface area contributed by atoms with Crippen LogP contribution in [-0.2, 0) is 9.22 Å². The van der Waals surface area contributed by atoms with E-state index in [1.807, 2.05) is 30.3 Å². The molecule has 0 aromatic heterocycles. The van der Waals surface area contributed by atoms with E-state index in [1.54, 1.807) is 0 Å². The van der Waals surface area contributed by atoms with Crippen LogP contribution in [0.2, 0.25) is 15.1 Å². The van der Waals surface area contributed by atoms with Crippen molar-refractivity contribution in [2.45, 2.75) is 76.4 Å². The minimum absolute atomic E-state index is 0.0154. The maximum atomic E-state index is 15.1. The number of nitrogens with zero attached hydrogens (tertiary/aromatic N) is 1. The molecule has 1 aliphatic heterocycles. The van der Waals surface area contributed by atoms with Crippen molar-refractivity contribution in [1.29, 1.82) is 0 Å². The molecular weight excluding hydrogens is 649 g/mol. The number of benzene rings is 4. The summed E-state index contributed by atoms with van der Waals surface area (Å²) in [7, 11) is -2.85. The standard InChI is InChI=1S/C42H47Cl2NO2Si/c1-6-26-42(5)28-37(32-14-13-15-34(44)27-32)39(31-22-24-33(43)25-23-31)45(40(42)46)38(30-20-21-30)29-47-48(41(2,3)4,35-16-9-7-10-17-35)36-18-11-8-12-19-36/h6-19,22-25,27,30,37-39H,1,20-21,26,28-29H2,2-5H3/t37?,38?,39-,42+/m1/s1. The van der Waals surface area contributed by atoms with E-state index in [9.17, 15) is 0 Å². The van der Waals surface area contributed by atoms with E-state index in [0.717, 1.165) is 24.0 Å². The molecule has 1 amide bonds. The molecule has 0 spiro atoms. The molecule has 48 heavy (non-hydrogen) atoms. The van der Waals surface area contributed by atoms with Gasteiger partial charge in [-0.05, 0) is 82.4 Å². The van der Waals surface area contributed by atoms with Gasteiger partial charge in [-0.15, -0.1) is 6.58 Å². The second-order valence-corrected chi connectivity index (χ2v) is 20.2. The van der Waals surface area contributed by atoms with Crippen LogP contribution in [0.25, 0.3) is 0 Å². The SMILES string of the molecule is C=CC[C@@]1(C)CC(c2cccc(Cl)c2)[C@@H](c2ccc(Cl)cc2)N(C(CO[Si](c2ccccc2)(c2ccccc2)C(C)(C)C)C2CC2)C1=O. The van der Waals surface area contributed by atoms with Gasteiger partial charge in [-0.1, -0.05) is 142 Å². The number of likely N-dealkylation sites (tertiary alicyclic amines) is 1. The van der Waals surface area contributed by atoms with Gasteiger partial charge < -0.3 is 9.33 Å². The van der Waals surface area contributed by atoms with Crippen LogP contribution in [0.1, 0.15) is 76.5 Å². The van der Waals surface area contributed by atoms with Crippen molar-refractivity contribution < 1.29 is 9.22 Å². The quantitative estimate of drug-likeness (QED) is 0.115. The van der Waals surface area contributed by atoms with Gasteiger partial charge in [-0.2, -0.15) is 0 Å². The Balaban J connectivity index is 1.51. The second kappa shape index (κ2) is 14.0. The van der Waals surface area contributed by atoms with Crippen molar-refractivity contribution in [2.24, 2.45) is 11.3 Å². The van der Waals surface area contributed by atoms with E-state index >= 15 is 4.79 Å². The maximum absolute atomic E-state index is 15.1. The molecule has 1 aliphatic carbocycles. The van der Waals surface area contributed by atoms with Gasteiger partial charge in [0.2, 0.25) is 5.91 Å². The van der Waals surface area contributed by atoms with Gasteiger partial charge in [0.15, 0.2) is 0 Å². The number of rotatable bonds is 11. The van der Waals surface area contributed by atoms with E-state index < -0.39 is 13.7 Å². The Hall–Kier alpha value is -3.15. The molecule has 1 saturated carbocycles. The van der Waals surface area contributed by atoms with Crippen molar-refractivity contribution >= 4 is 47.8 Å². The molecule has 1 saturated heterocycles. The van der Waals surface area contributed by atoms with Crippen LogP contribution in [-0.4, -0.2) is 31.8 Å². The summed E-state index contributed by atoms with van der Waals surface area (Å²) in [6.07, 6.45) is 5.34. The molecule has 0 radical (unpaired) electrons. The average Bonchev–Trinajstić information content (AvgIpc) is 3.91. The van der Waals surface area contributed by atoms with Crippen molar-refractivity contribution in [1.82, 2.24) is 4.90 Å². The number of halogens is 2. The Morgan fingerprint density at radius 1 is 0.875 bits per heavy atom. The normalized spacial score (nSPS) is 22.4. The van der Waals surface area contributed by atoms with Gasteiger partial charge in [0.05, 0.1) is 24.1 Å². The Morgan fingerprint density at radius 3 is 2.00 bits per heavy atom. The molecule has 0 bridgehead atoms. The van der Waals surface area contributed by atoms with Crippen molar-refractivity contribution in [3.05, 3.63) is 143 Å². The molecule has 2 unspecified atom stereocenters. The molecule has 1 heterocycles. The first kappa shape index (κ1) is 34.7. The number of carbonyl (C=O) groups excluding carboxylic acids is 1. The monoisotopic (exact) mass is 695 g/mol. The summed E-state index contributed by atoms with van der Waals surface area (Å²) >= 11 is 13.1. The van der Waals surface area contributed by atoms with Gasteiger partial charge in [0.25, 0.3) is 8.32 Å². The zero-order chi connectivity index (χ0) is 34.1. The molecule has 3 nitrogen and oxygen atoms in total. The number of hydrogen-bond acceptors (Lipinski definition) is 2.